The molecule has 0 spiro atoms. The zero-order valence-electron chi connectivity index (χ0n) is 14.9. The number of aromatic hydroxyl groups is 2. The van der Waals surface area contributed by atoms with Gasteiger partial charge in [-0.3, -0.25) is 9.47 Å². The van der Waals surface area contributed by atoms with Crippen molar-refractivity contribution in [3.05, 3.63) is 36.4 Å². The molecule has 6 nitrogen and oxygen atoms in total. The highest BCUT2D eigenvalue weighted by molar-refractivity contribution is 5.58. The van der Waals surface area contributed by atoms with Crippen LogP contribution in [0.4, 0.5) is 5.69 Å². The molecule has 3 rings (SSSR count). The minimum Gasteiger partial charge on any atom is -0.495 e. The van der Waals surface area contributed by atoms with Gasteiger partial charge in [0.25, 0.3) is 0 Å². The molecule has 1 unspecified atom stereocenters. The van der Waals surface area contributed by atoms with Crippen molar-refractivity contribution in [3.8, 4) is 17.5 Å². The number of hydrogen-bond acceptors (Lipinski definition) is 5. The van der Waals surface area contributed by atoms with Crippen LogP contribution in [0.5, 0.6) is 17.5 Å². The first kappa shape index (κ1) is 17.5. The molecule has 1 aliphatic heterocycles. The molecule has 2 aromatic rings. The van der Waals surface area contributed by atoms with Crippen LogP contribution >= 0.6 is 0 Å². The van der Waals surface area contributed by atoms with E-state index in [-0.39, 0.29) is 17.9 Å². The Balaban J connectivity index is 1.74. The average Bonchev–Trinajstić information content (AvgIpc) is 2.98. The average molecular weight is 345 g/mol. The summed E-state index contributed by atoms with van der Waals surface area (Å²) in [5, 5.41) is 20.2. The third-order valence-electron chi connectivity index (χ3n) is 4.88. The molecule has 6 heteroatoms. The standard InChI is InChI=1S/C19H27N3O3/c1-3-6-17(22-18(23)9-10-19(22)24)21-13-11-20(12-14-21)15-7-4-5-8-16(15)25-2/h4-5,7-10,17,23-24H,3,6,11-14H2,1-2H3. The number of hydrogen-bond donors (Lipinski definition) is 2. The van der Waals surface area contributed by atoms with E-state index in [1.54, 1.807) is 23.8 Å². The van der Waals surface area contributed by atoms with Gasteiger partial charge in [0.1, 0.15) is 5.75 Å². The van der Waals surface area contributed by atoms with E-state index in [0.29, 0.717) is 0 Å². The van der Waals surface area contributed by atoms with Crippen LogP contribution in [-0.4, -0.2) is 53.0 Å². The maximum atomic E-state index is 10.1. The minimum absolute atomic E-state index is 0.0279. The topological polar surface area (TPSA) is 61.1 Å². The van der Waals surface area contributed by atoms with Gasteiger partial charge in [0, 0.05) is 38.3 Å². The van der Waals surface area contributed by atoms with Crippen LogP contribution in [0.15, 0.2) is 36.4 Å². The van der Waals surface area contributed by atoms with E-state index >= 15 is 0 Å². The summed E-state index contributed by atoms with van der Waals surface area (Å²) in [5.41, 5.74) is 1.11. The van der Waals surface area contributed by atoms with Crippen LogP contribution in [0.25, 0.3) is 0 Å². The number of para-hydroxylation sites is 2. The highest BCUT2D eigenvalue weighted by Gasteiger charge is 2.28. The lowest BCUT2D eigenvalue weighted by Crippen LogP contribution is -2.48. The molecule has 25 heavy (non-hydrogen) atoms. The molecular weight excluding hydrogens is 318 g/mol. The Labute approximate surface area is 148 Å². The van der Waals surface area contributed by atoms with E-state index in [2.05, 4.69) is 22.8 Å². The van der Waals surface area contributed by atoms with E-state index in [4.69, 9.17) is 4.74 Å². The molecule has 0 amide bonds. The normalized spacial score (nSPS) is 16.8. The van der Waals surface area contributed by atoms with Gasteiger partial charge in [0.05, 0.1) is 19.0 Å². The van der Waals surface area contributed by atoms with Crippen molar-refractivity contribution in [3.63, 3.8) is 0 Å². The first-order valence-electron chi connectivity index (χ1n) is 8.87. The van der Waals surface area contributed by atoms with Crippen LogP contribution in [0.1, 0.15) is 25.9 Å². The van der Waals surface area contributed by atoms with E-state index in [9.17, 15) is 10.2 Å². The van der Waals surface area contributed by atoms with E-state index < -0.39 is 0 Å². The third-order valence-corrected chi connectivity index (χ3v) is 4.88. The summed E-state index contributed by atoms with van der Waals surface area (Å²) in [7, 11) is 1.70. The number of rotatable bonds is 6. The number of piperazine rings is 1. The second kappa shape index (κ2) is 7.70. The van der Waals surface area contributed by atoms with Gasteiger partial charge < -0.3 is 19.8 Å². The number of anilines is 1. The van der Waals surface area contributed by atoms with Crippen molar-refractivity contribution < 1.29 is 14.9 Å². The lowest BCUT2D eigenvalue weighted by Gasteiger charge is -2.41. The number of benzene rings is 1. The van der Waals surface area contributed by atoms with Gasteiger partial charge in [-0.25, -0.2) is 0 Å². The highest BCUT2D eigenvalue weighted by Crippen LogP contribution is 2.34. The molecule has 1 fully saturated rings. The van der Waals surface area contributed by atoms with Crippen LogP contribution in [0, 0.1) is 0 Å². The monoisotopic (exact) mass is 345 g/mol. The molecule has 2 heterocycles. The van der Waals surface area contributed by atoms with Crippen LogP contribution < -0.4 is 9.64 Å². The van der Waals surface area contributed by atoms with E-state index in [1.165, 1.54) is 0 Å². The minimum atomic E-state index is -0.0279. The first-order chi connectivity index (χ1) is 12.2. The van der Waals surface area contributed by atoms with Crippen molar-refractivity contribution in [2.75, 3.05) is 38.2 Å². The van der Waals surface area contributed by atoms with Crippen LogP contribution in [0.2, 0.25) is 0 Å². The van der Waals surface area contributed by atoms with Gasteiger partial charge in [-0.2, -0.15) is 0 Å². The molecule has 0 bridgehead atoms. The van der Waals surface area contributed by atoms with Gasteiger partial charge in [0.15, 0.2) is 11.8 Å². The summed E-state index contributed by atoms with van der Waals surface area (Å²) in [6.07, 6.45) is 1.83. The summed E-state index contributed by atoms with van der Waals surface area (Å²) >= 11 is 0. The zero-order valence-corrected chi connectivity index (χ0v) is 14.9. The molecule has 1 atom stereocenters. The Bertz CT molecular complexity index is 673. The van der Waals surface area contributed by atoms with Crippen molar-refractivity contribution >= 4 is 5.69 Å². The summed E-state index contributed by atoms with van der Waals surface area (Å²) in [6, 6.07) is 11.2. The molecular formula is C19H27N3O3. The third kappa shape index (κ3) is 3.54. The largest absolute Gasteiger partial charge is 0.495 e. The van der Waals surface area contributed by atoms with Crippen molar-refractivity contribution in [1.82, 2.24) is 9.47 Å². The quantitative estimate of drug-likeness (QED) is 0.843. The Kier molecular flexibility index (Phi) is 5.38. The summed E-state index contributed by atoms with van der Waals surface area (Å²) < 4.78 is 7.10. The van der Waals surface area contributed by atoms with Gasteiger partial charge in [-0.05, 0) is 18.6 Å². The Morgan fingerprint density at radius 1 is 1.00 bits per heavy atom. The van der Waals surface area contributed by atoms with Crippen LogP contribution in [0.3, 0.4) is 0 Å². The van der Waals surface area contributed by atoms with Gasteiger partial charge in [-0.15, -0.1) is 0 Å². The second-order valence-corrected chi connectivity index (χ2v) is 6.38. The molecule has 0 aliphatic carbocycles. The Morgan fingerprint density at radius 2 is 1.64 bits per heavy atom. The van der Waals surface area contributed by atoms with Crippen molar-refractivity contribution in [2.45, 2.75) is 25.9 Å². The van der Waals surface area contributed by atoms with Crippen molar-refractivity contribution in [2.24, 2.45) is 0 Å². The van der Waals surface area contributed by atoms with Gasteiger partial charge >= 0.3 is 0 Å². The lowest BCUT2D eigenvalue weighted by molar-refractivity contribution is 0.106. The summed E-state index contributed by atoms with van der Waals surface area (Å²) in [6.45, 7) is 5.60. The highest BCUT2D eigenvalue weighted by atomic mass is 16.5. The fraction of sp³-hybridized carbons (Fsp3) is 0.474. The number of nitrogens with zero attached hydrogens (tertiary/aromatic N) is 3. The lowest BCUT2D eigenvalue weighted by atomic mass is 10.2. The van der Waals surface area contributed by atoms with Gasteiger partial charge in [-0.1, -0.05) is 25.5 Å². The maximum Gasteiger partial charge on any atom is 0.195 e. The molecule has 136 valence electrons. The molecule has 1 aromatic heterocycles. The Morgan fingerprint density at radius 3 is 2.24 bits per heavy atom. The molecule has 0 radical (unpaired) electrons. The second-order valence-electron chi connectivity index (χ2n) is 6.38. The zero-order chi connectivity index (χ0) is 17.8. The number of methoxy groups -OCH3 is 1. The van der Waals surface area contributed by atoms with Crippen LogP contribution in [-0.2, 0) is 0 Å². The molecule has 1 aromatic carbocycles. The van der Waals surface area contributed by atoms with Gasteiger partial charge in [0.2, 0.25) is 0 Å². The number of ether oxygens (including phenoxy) is 1. The molecule has 0 saturated carbocycles. The maximum absolute atomic E-state index is 10.1. The Hall–Kier alpha value is -2.34. The number of aromatic nitrogens is 1. The van der Waals surface area contributed by atoms with E-state index in [0.717, 1.165) is 50.5 Å². The first-order valence-corrected chi connectivity index (χ1v) is 8.87. The van der Waals surface area contributed by atoms with Crippen molar-refractivity contribution in [1.29, 1.82) is 0 Å². The molecule has 1 aliphatic rings. The molecule has 2 N–H and O–H groups in total. The summed E-state index contributed by atoms with van der Waals surface area (Å²) in [4.78, 5) is 4.66. The summed E-state index contributed by atoms with van der Waals surface area (Å²) in [5.74, 6) is 1.12. The smallest absolute Gasteiger partial charge is 0.195 e. The molecule has 1 saturated heterocycles. The predicted molar refractivity (Wildman–Crippen MR) is 98.5 cm³/mol. The fourth-order valence-corrected chi connectivity index (χ4v) is 3.62. The van der Waals surface area contributed by atoms with E-state index in [1.807, 2.05) is 18.2 Å². The predicted octanol–water partition coefficient (Wildman–Crippen LogP) is 3.03. The SMILES string of the molecule is CCCC(N1CCN(c2ccccc2OC)CC1)n1c(O)ccc1O. The fourth-order valence-electron chi connectivity index (χ4n) is 3.62.